The van der Waals surface area contributed by atoms with Crippen LogP contribution < -0.4 is 5.46 Å². The summed E-state index contributed by atoms with van der Waals surface area (Å²) in [6.07, 6.45) is -2.75. The number of nitrogens with zero attached hydrogens (tertiary/aromatic N) is 1. The minimum absolute atomic E-state index is 0.240. The van der Waals surface area contributed by atoms with E-state index in [1.54, 1.807) is 12.1 Å². The third kappa shape index (κ3) is 4.23. The minimum Gasteiger partial charge on any atom is -0.423 e. The number of rotatable bonds is 3. The van der Waals surface area contributed by atoms with Crippen molar-refractivity contribution in [3.05, 3.63) is 29.8 Å². The van der Waals surface area contributed by atoms with Crippen molar-refractivity contribution in [2.75, 3.05) is 19.6 Å². The zero-order chi connectivity index (χ0) is 14.8. The molecule has 3 nitrogen and oxygen atoms in total. The Labute approximate surface area is 116 Å². The molecule has 1 fully saturated rings. The second kappa shape index (κ2) is 6.16. The molecule has 0 aliphatic carbocycles. The highest BCUT2D eigenvalue weighted by Crippen LogP contribution is 2.29. The molecule has 1 aromatic rings. The third-order valence-corrected chi connectivity index (χ3v) is 3.70. The van der Waals surface area contributed by atoms with Crippen LogP contribution in [-0.4, -0.2) is 47.9 Å². The maximum atomic E-state index is 12.3. The number of halogens is 3. The van der Waals surface area contributed by atoms with E-state index < -0.39 is 19.8 Å². The molecule has 0 amide bonds. The Bertz CT molecular complexity index is 428. The summed E-state index contributed by atoms with van der Waals surface area (Å²) >= 11 is 0. The van der Waals surface area contributed by atoms with Crippen LogP contribution in [0.15, 0.2) is 24.3 Å². The van der Waals surface area contributed by atoms with E-state index >= 15 is 0 Å². The maximum Gasteiger partial charge on any atom is 0.488 e. The average Bonchev–Trinajstić information content (AvgIpc) is 2.38. The van der Waals surface area contributed by atoms with Crippen LogP contribution in [0.4, 0.5) is 13.2 Å². The summed E-state index contributed by atoms with van der Waals surface area (Å²) < 4.78 is 36.9. The Morgan fingerprint density at radius 1 is 1.10 bits per heavy atom. The highest BCUT2D eigenvalue weighted by atomic mass is 19.4. The first kappa shape index (κ1) is 15.3. The lowest BCUT2D eigenvalue weighted by Crippen LogP contribution is -2.39. The molecule has 1 saturated heterocycles. The van der Waals surface area contributed by atoms with Crippen LogP contribution in [0, 0.1) is 0 Å². The summed E-state index contributed by atoms with van der Waals surface area (Å²) in [6, 6.07) is 6.92. The molecule has 1 aromatic carbocycles. The van der Waals surface area contributed by atoms with Gasteiger partial charge < -0.3 is 10.0 Å². The lowest BCUT2D eigenvalue weighted by atomic mass is 9.78. The standard InChI is InChI=1S/C13H17BF3NO2/c15-13(16,17)9-18-7-5-11(6-8-18)10-1-3-12(4-2-10)14(19)20/h1-4,11,19-20H,5-9H2. The molecule has 2 rings (SSSR count). The molecule has 20 heavy (non-hydrogen) atoms. The van der Waals surface area contributed by atoms with Crippen LogP contribution in [0.1, 0.15) is 24.3 Å². The predicted octanol–water partition coefficient (Wildman–Crippen LogP) is 1.11. The van der Waals surface area contributed by atoms with Gasteiger partial charge in [-0.05, 0) is 42.9 Å². The van der Waals surface area contributed by atoms with Crippen LogP contribution in [0.2, 0.25) is 0 Å². The van der Waals surface area contributed by atoms with E-state index in [1.165, 1.54) is 4.90 Å². The summed E-state index contributed by atoms with van der Waals surface area (Å²) in [5, 5.41) is 18.0. The van der Waals surface area contributed by atoms with Crippen LogP contribution in [0.3, 0.4) is 0 Å². The summed E-state index contributed by atoms with van der Waals surface area (Å²) in [5.41, 5.74) is 1.46. The van der Waals surface area contributed by atoms with E-state index in [2.05, 4.69) is 0 Å². The Balaban J connectivity index is 1.90. The maximum absolute atomic E-state index is 12.3. The molecule has 0 aromatic heterocycles. The van der Waals surface area contributed by atoms with Crippen molar-refractivity contribution in [2.45, 2.75) is 24.9 Å². The number of benzene rings is 1. The number of hydrogen-bond donors (Lipinski definition) is 2. The van der Waals surface area contributed by atoms with Crippen LogP contribution in [0.5, 0.6) is 0 Å². The van der Waals surface area contributed by atoms with Crippen molar-refractivity contribution >= 4 is 12.6 Å². The lowest BCUT2D eigenvalue weighted by molar-refractivity contribution is -0.147. The van der Waals surface area contributed by atoms with Crippen LogP contribution in [0.25, 0.3) is 0 Å². The van der Waals surface area contributed by atoms with E-state index in [0.717, 1.165) is 5.56 Å². The van der Waals surface area contributed by atoms with E-state index in [-0.39, 0.29) is 5.92 Å². The molecule has 0 bridgehead atoms. The van der Waals surface area contributed by atoms with Crippen molar-refractivity contribution in [2.24, 2.45) is 0 Å². The largest absolute Gasteiger partial charge is 0.488 e. The molecule has 0 saturated carbocycles. The molecule has 110 valence electrons. The van der Waals surface area contributed by atoms with Crippen molar-refractivity contribution in [3.63, 3.8) is 0 Å². The molecule has 1 aliphatic heterocycles. The first-order valence-corrected chi connectivity index (χ1v) is 6.60. The fourth-order valence-electron chi connectivity index (χ4n) is 2.62. The number of likely N-dealkylation sites (tertiary alicyclic amines) is 1. The number of piperidine rings is 1. The Morgan fingerprint density at radius 3 is 2.10 bits per heavy atom. The third-order valence-electron chi connectivity index (χ3n) is 3.70. The Hall–Kier alpha value is -1.05. The van der Waals surface area contributed by atoms with Gasteiger partial charge in [0.2, 0.25) is 0 Å². The summed E-state index contributed by atoms with van der Waals surface area (Å²) in [4.78, 5) is 1.43. The zero-order valence-electron chi connectivity index (χ0n) is 11.0. The van der Waals surface area contributed by atoms with E-state index in [9.17, 15) is 13.2 Å². The molecule has 1 heterocycles. The van der Waals surface area contributed by atoms with Crippen molar-refractivity contribution in [1.82, 2.24) is 4.90 Å². The molecule has 1 aliphatic rings. The first-order valence-electron chi connectivity index (χ1n) is 6.60. The van der Waals surface area contributed by atoms with Crippen molar-refractivity contribution < 1.29 is 23.2 Å². The quantitative estimate of drug-likeness (QED) is 0.818. The number of alkyl halides is 3. The molecule has 0 spiro atoms. The monoisotopic (exact) mass is 287 g/mol. The Kier molecular flexibility index (Phi) is 4.72. The average molecular weight is 287 g/mol. The van der Waals surface area contributed by atoms with Gasteiger partial charge in [-0.3, -0.25) is 4.90 Å². The predicted molar refractivity (Wildman–Crippen MR) is 70.7 cm³/mol. The van der Waals surface area contributed by atoms with Crippen LogP contribution >= 0.6 is 0 Å². The second-order valence-electron chi connectivity index (χ2n) is 5.21. The van der Waals surface area contributed by atoms with Gasteiger partial charge in [-0.2, -0.15) is 13.2 Å². The fourth-order valence-corrected chi connectivity index (χ4v) is 2.62. The molecule has 2 N–H and O–H groups in total. The smallest absolute Gasteiger partial charge is 0.423 e. The molecule has 0 radical (unpaired) electrons. The lowest BCUT2D eigenvalue weighted by Gasteiger charge is -2.32. The van der Waals surface area contributed by atoms with Gasteiger partial charge in [0.15, 0.2) is 0 Å². The normalized spacial score (nSPS) is 18.2. The van der Waals surface area contributed by atoms with Gasteiger partial charge in [0, 0.05) is 0 Å². The topological polar surface area (TPSA) is 43.7 Å². The van der Waals surface area contributed by atoms with Gasteiger partial charge in [0.25, 0.3) is 0 Å². The van der Waals surface area contributed by atoms with Gasteiger partial charge in [0.05, 0.1) is 6.54 Å². The SMILES string of the molecule is OB(O)c1ccc(C2CCN(CC(F)(F)F)CC2)cc1. The highest BCUT2D eigenvalue weighted by molar-refractivity contribution is 6.58. The molecular formula is C13H17BF3NO2. The molecule has 0 atom stereocenters. The fraction of sp³-hybridized carbons (Fsp3) is 0.538. The van der Waals surface area contributed by atoms with Crippen LogP contribution in [-0.2, 0) is 0 Å². The summed E-state index contributed by atoms with van der Waals surface area (Å²) in [5.74, 6) is 0.240. The van der Waals surface area contributed by atoms with Crippen molar-refractivity contribution in [3.8, 4) is 0 Å². The molecule has 0 unspecified atom stereocenters. The van der Waals surface area contributed by atoms with E-state index in [1.807, 2.05) is 12.1 Å². The second-order valence-corrected chi connectivity index (χ2v) is 5.21. The minimum atomic E-state index is -4.13. The highest BCUT2D eigenvalue weighted by Gasteiger charge is 2.32. The molecule has 7 heteroatoms. The van der Waals surface area contributed by atoms with Gasteiger partial charge in [-0.15, -0.1) is 0 Å². The number of hydrogen-bond acceptors (Lipinski definition) is 3. The van der Waals surface area contributed by atoms with Gasteiger partial charge in [-0.25, -0.2) is 0 Å². The zero-order valence-corrected chi connectivity index (χ0v) is 11.0. The van der Waals surface area contributed by atoms with Gasteiger partial charge in [0.1, 0.15) is 0 Å². The van der Waals surface area contributed by atoms with E-state index in [0.29, 0.717) is 31.4 Å². The first-order chi connectivity index (χ1) is 9.35. The summed E-state index contributed by atoms with van der Waals surface area (Å²) in [6.45, 7) is 0.0401. The Morgan fingerprint density at radius 2 is 1.65 bits per heavy atom. The van der Waals surface area contributed by atoms with Gasteiger partial charge >= 0.3 is 13.3 Å². The van der Waals surface area contributed by atoms with E-state index in [4.69, 9.17) is 10.0 Å². The van der Waals surface area contributed by atoms with Gasteiger partial charge in [-0.1, -0.05) is 24.3 Å². The summed E-state index contributed by atoms with van der Waals surface area (Å²) in [7, 11) is -1.49. The molecular weight excluding hydrogens is 270 g/mol. The van der Waals surface area contributed by atoms with Crippen molar-refractivity contribution in [1.29, 1.82) is 0 Å².